The number of nitrogens with zero attached hydrogens (tertiary/aromatic N) is 4. The molecule has 0 fully saturated rings. The lowest BCUT2D eigenvalue weighted by Gasteiger charge is -2.19. The summed E-state index contributed by atoms with van der Waals surface area (Å²) in [6.07, 6.45) is 1.52. The number of amides is 1. The first-order chi connectivity index (χ1) is 8.21. The largest absolute Gasteiger partial charge is 0.355 e. The van der Waals surface area contributed by atoms with E-state index >= 15 is 0 Å². The fourth-order valence-corrected chi connectivity index (χ4v) is 1.31. The Morgan fingerprint density at radius 2 is 2.35 bits per heavy atom. The molecule has 6 heteroatoms. The van der Waals surface area contributed by atoms with E-state index in [9.17, 15) is 4.79 Å². The van der Waals surface area contributed by atoms with E-state index in [2.05, 4.69) is 15.3 Å². The van der Waals surface area contributed by atoms with Gasteiger partial charge in [-0.3, -0.25) is 4.79 Å². The molecular weight excluding hydrogens is 218 g/mol. The van der Waals surface area contributed by atoms with Crippen LogP contribution in [0.5, 0.6) is 0 Å². The lowest BCUT2D eigenvalue weighted by atomic mass is 10.4. The average molecular weight is 233 g/mol. The highest BCUT2D eigenvalue weighted by Gasteiger charge is 2.12. The standard InChI is InChI=1S/C11H15N5O/c1-3-13-10(17)8-16(4-2)11-14-6-5-9(7-12)15-11/h5-6H,3-4,8H2,1-2H3,(H,13,17). The van der Waals surface area contributed by atoms with Gasteiger partial charge in [-0.05, 0) is 19.9 Å². The van der Waals surface area contributed by atoms with Crippen LogP contribution in [0.15, 0.2) is 12.3 Å². The lowest BCUT2D eigenvalue weighted by molar-refractivity contribution is -0.119. The summed E-state index contributed by atoms with van der Waals surface area (Å²) in [7, 11) is 0. The third-order valence-electron chi connectivity index (χ3n) is 2.13. The quantitative estimate of drug-likeness (QED) is 0.791. The second kappa shape index (κ2) is 6.43. The van der Waals surface area contributed by atoms with Crippen molar-refractivity contribution in [1.29, 1.82) is 5.26 Å². The maximum absolute atomic E-state index is 11.5. The number of rotatable bonds is 5. The van der Waals surface area contributed by atoms with Gasteiger partial charge in [0.25, 0.3) is 0 Å². The number of anilines is 1. The number of aromatic nitrogens is 2. The van der Waals surface area contributed by atoms with Crippen LogP contribution < -0.4 is 10.2 Å². The number of hydrogen-bond acceptors (Lipinski definition) is 5. The molecular formula is C11H15N5O. The van der Waals surface area contributed by atoms with Crippen molar-refractivity contribution in [2.45, 2.75) is 13.8 Å². The van der Waals surface area contributed by atoms with E-state index in [1.165, 1.54) is 12.3 Å². The summed E-state index contributed by atoms with van der Waals surface area (Å²) in [6.45, 7) is 5.16. The highest BCUT2D eigenvalue weighted by molar-refractivity contribution is 5.80. The van der Waals surface area contributed by atoms with Gasteiger partial charge in [0.15, 0.2) is 0 Å². The average Bonchev–Trinajstić information content (AvgIpc) is 2.36. The van der Waals surface area contributed by atoms with E-state index < -0.39 is 0 Å². The Morgan fingerprint density at radius 3 is 2.94 bits per heavy atom. The molecule has 0 radical (unpaired) electrons. The Hall–Kier alpha value is -2.16. The monoisotopic (exact) mass is 233 g/mol. The first kappa shape index (κ1) is 12.9. The minimum Gasteiger partial charge on any atom is -0.355 e. The van der Waals surface area contributed by atoms with Crippen molar-refractivity contribution in [3.8, 4) is 6.07 Å². The van der Waals surface area contributed by atoms with Crippen LogP contribution >= 0.6 is 0 Å². The predicted molar refractivity (Wildman–Crippen MR) is 63.3 cm³/mol. The van der Waals surface area contributed by atoms with Crippen molar-refractivity contribution in [1.82, 2.24) is 15.3 Å². The van der Waals surface area contributed by atoms with Gasteiger partial charge in [0, 0.05) is 19.3 Å². The van der Waals surface area contributed by atoms with Crippen molar-refractivity contribution in [3.05, 3.63) is 18.0 Å². The normalized spacial score (nSPS) is 9.47. The molecule has 6 nitrogen and oxygen atoms in total. The topological polar surface area (TPSA) is 81.9 Å². The minimum atomic E-state index is -0.0830. The third kappa shape index (κ3) is 3.72. The van der Waals surface area contributed by atoms with Gasteiger partial charge >= 0.3 is 0 Å². The maximum atomic E-state index is 11.5. The van der Waals surface area contributed by atoms with E-state index in [-0.39, 0.29) is 12.5 Å². The fourth-order valence-electron chi connectivity index (χ4n) is 1.31. The van der Waals surface area contributed by atoms with Crippen molar-refractivity contribution in [2.24, 2.45) is 0 Å². The molecule has 1 amide bonds. The highest BCUT2D eigenvalue weighted by Crippen LogP contribution is 2.06. The number of nitrogens with one attached hydrogen (secondary N) is 1. The molecule has 1 N–H and O–H groups in total. The maximum Gasteiger partial charge on any atom is 0.239 e. The van der Waals surface area contributed by atoms with Crippen molar-refractivity contribution in [2.75, 3.05) is 24.5 Å². The lowest BCUT2D eigenvalue weighted by Crippen LogP contribution is -2.38. The van der Waals surface area contributed by atoms with Gasteiger partial charge in [0.2, 0.25) is 11.9 Å². The van der Waals surface area contributed by atoms with Gasteiger partial charge in [0.1, 0.15) is 11.8 Å². The number of nitriles is 1. The van der Waals surface area contributed by atoms with Gasteiger partial charge in [-0.15, -0.1) is 0 Å². The van der Waals surface area contributed by atoms with E-state index in [1.807, 2.05) is 19.9 Å². The Kier molecular flexibility index (Phi) is 4.88. The molecule has 0 unspecified atom stereocenters. The number of hydrogen-bond donors (Lipinski definition) is 1. The number of carbonyl (C=O) groups is 1. The van der Waals surface area contributed by atoms with Crippen molar-refractivity contribution < 1.29 is 4.79 Å². The van der Waals surface area contributed by atoms with E-state index in [0.717, 1.165) is 0 Å². The number of likely N-dealkylation sites (N-methyl/N-ethyl adjacent to an activating group) is 2. The number of carbonyl (C=O) groups excluding carboxylic acids is 1. The highest BCUT2D eigenvalue weighted by atomic mass is 16.2. The second-order valence-electron chi connectivity index (χ2n) is 3.32. The fraction of sp³-hybridized carbons (Fsp3) is 0.455. The molecule has 1 aromatic heterocycles. The Labute approximate surface area is 100 Å². The van der Waals surface area contributed by atoms with Crippen molar-refractivity contribution in [3.63, 3.8) is 0 Å². The molecule has 1 aromatic rings. The molecule has 0 aliphatic heterocycles. The van der Waals surface area contributed by atoms with Crippen LogP contribution in [0.2, 0.25) is 0 Å². The predicted octanol–water partition coefficient (Wildman–Crippen LogP) is 0.311. The zero-order chi connectivity index (χ0) is 12.7. The molecule has 0 aliphatic carbocycles. The molecule has 0 aliphatic rings. The molecule has 17 heavy (non-hydrogen) atoms. The SMILES string of the molecule is CCNC(=O)CN(CC)c1nccc(C#N)n1. The van der Waals surface area contributed by atoms with Gasteiger partial charge in [-0.2, -0.15) is 5.26 Å². The van der Waals surface area contributed by atoms with Crippen LogP contribution in [0.4, 0.5) is 5.95 Å². The van der Waals surface area contributed by atoms with E-state index in [0.29, 0.717) is 24.7 Å². The second-order valence-corrected chi connectivity index (χ2v) is 3.32. The molecule has 0 atom stereocenters. The smallest absolute Gasteiger partial charge is 0.239 e. The van der Waals surface area contributed by atoms with Crippen molar-refractivity contribution >= 4 is 11.9 Å². The summed E-state index contributed by atoms with van der Waals surface area (Å²) in [5.74, 6) is 0.318. The Morgan fingerprint density at radius 1 is 1.59 bits per heavy atom. The summed E-state index contributed by atoms with van der Waals surface area (Å²) >= 11 is 0. The van der Waals surface area contributed by atoms with Crippen LogP contribution in [0, 0.1) is 11.3 Å². The molecule has 0 saturated heterocycles. The van der Waals surface area contributed by atoms with Gasteiger partial charge in [-0.25, -0.2) is 9.97 Å². The zero-order valence-electron chi connectivity index (χ0n) is 9.97. The summed E-state index contributed by atoms with van der Waals surface area (Å²) < 4.78 is 0. The van der Waals surface area contributed by atoms with Gasteiger partial charge < -0.3 is 10.2 Å². The Bertz CT molecular complexity index is 426. The summed E-state index contributed by atoms with van der Waals surface area (Å²) in [5, 5.41) is 11.5. The van der Waals surface area contributed by atoms with Crippen LogP contribution in [0.3, 0.4) is 0 Å². The molecule has 0 bridgehead atoms. The van der Waals surface area contributed by atoms with E-state index in [4.69, 9.17) is 5.26 Å². The first-order valence-corrected chi connectivity index (χ1v) is 5.46. The Balaban J connectivity index is 2.79. The molecule has 0 spiro atoms. The van der Waals surface area contributed by atoms with Crippen LogP contribution in [-0.2, 0) is 4.79 Å². The molecule has 0 aromatic carbocycles. The summed E-state index contributed by atoms with van der Waals surface area (Å²) in [6, 6.07) is 3.48. The first-order valence-electron chi connectivity index (χ1n) is 5.46. The molecule has 90 valence electrons. The van der Waals surface area contributed by atoms with Gasteiger partial charge in [-0.1, -0.05) is 0 Å². The zero-order valence-corrected chi connectivity index (χ0v) is 9.97. The molecule has 0 saturated carbocycles. The van der Waals surface area contributed by atoms with Gasteiger partial charge in [0.05, 0.1) is 6.54 Å². The van der Waals surface area contributed by atoms with Crippen LogP contribution in [0.1, 0.15) is 19.5 Å². The van der Waals surface area contributed by atoms with Crippen LogP contribution in [-0.4, -0.2) is 35.5 Å². The van der Waals surface area contributed by atoms with E-state index in [1.54, 1.807) is 4.90 Å². The summed E-state index contributed by atoms with van der Waals surface area (Å²) in [5.41, 5.74) is 0.296. The summed E-state index contributed by atoms with van der Waals surface area (Å²) in [4.78, 5) is 21.3. The third-order valence-corrected chi connectivity index (χ3v) is 2.13. The minimum absolute atomic E-state index is 0.0830. The molecule has 1 heterocycles. The molecule has 1 rings (SSSR count). The van der Waals surface area contributed by atoms with Crippen LogP contribution in [0.25, 0.3) is 0 Å².